The molecule has 0 saturated heterocycles. The van der Waals surface area contributed by atoms with Crippen molar-refractivity contribution >= 4 is 40.7 Å². The van der Waals surface area contributed by atoms with E-state index in [1.54, 1.807) is 0 Å². The van der Waals surface area contributed by atoms with Crippen LogP contribution in [0.15, 0.2) is 65.7 Å². The monoisotopic (exact) mass is 341 g/mol. The molecule has 110 valence electrons. The molecule has 2 rings (SSSR count). The first-order valence-corrected chi connectivity index (χ1v) is 7.51. The highest BCUT2D eigenvalue weighted by Gasteiger charge is 2.30. The van der Waals surface area contributed by atoms with Gasteiger partial charge in [0.25, 0.3) is 3.79 Å². The summed E-state index contributed by atoms with van der Waals surface area (Å²) in [5.41, 5.74) is 2.01. The molecule has 5 heteroatoms. The Morgan fingerprint density at radius 2 is 1.38 bits per heavy atom. The number of ether oxygens (including phenoxy) is 1. The lowest BCUT2D eigenvalue weighted by Crippen LogP contribution is -2.22. The van der Waals surface area contributed by atoms with Crippen LogP contribution in [0.2, 0.25) is 0 Å². The van der Waals surface area contributed by atoms with Gasteiger partial charge in [0, 0.05) is 0 Å². The molecule has 2 nitrogen and oxygen atoms in total. The lowest BCUT2D eigenvalue weighted by Gasteiger charge is -2.16. The standard InChI is InChI=1S/C16H14Cl3NO/c17-16(18,19)15(20-11-13-7-3-1-4-8-13)21-12-14-9-5-2-6-10-14/h1-10H,11-12H2. The number of hydrogen-bond donors (Lipinski definition) is 0. The van der Waals surface area contributed by atoms with Gasteiger partial charge in [-0.05, 0) is 11.1 Å². The minimum absolute atomic E-state index is 0.0974. The molecule has 0 fully saturated rings. The number of halogens is 3. The Kier molecular flexibility index (Phi) is 5.92. The van der Waals surface area contributed by atoms with E-state index in [9.17, 15) is 0 Å². The van der Waals surface area contributed by atoms with Gasteiger partial charge in [0.05, 0.1) is 6.54 Å². The Morgan fingerprint density at radius 1 is 0.857 bits per heavy atom. The van der Waals surface area contributed by atoms with Gasteiger partial charge in [0.15, 0.2) is 0 Å². The van der Waals surface area contributed by atoms with Crippen LogP contribution < -0.4 is 0 Å². The molecule has 0 spiro atoms. The number of alkyl halides is 3. The van der Waals surface area contributed by atoms with Crippen LogP contribution in [0.1, 0.15) is 11.1 Å². The van der Waals surface area contributed by atoms with Gasteiger partial charge in [-0.25, -0.2) is 4.99 Å². The summed E-state index contributed by atoms with van der Waals surface area (Å²) in [5, 5.41) is 0. The zero-order valence-electron chi connectivity index (χ0n) is 11.2. The van der Waals surface area contributed by atoms with Crippen LogP contribution in [-0.2, 0) is 17.9 Å². The summed E-state index contributed by atoms with van der Waals surface area (Å²) in [6.45, 7) is 0.710. The van der Waals surface area contributed by atoms with Crippen molar-refractivity contribution in [3.63, 3.8) is 0 Å². The van der Waals surface area contributed by atoms with Crippen molar-refractivity contribution in [2.75, 3.05) is 0 Å². The molecular weight excluding hydrogens is 329 g/mol. The normalized spacial score (nSPS) is 12.2. The molecule has 0 amide bonds. The van der Waals surface area contributed by atoms with E-state index in [2.05, 4.69) is 4.99 Å². The van der Waals surface area contributed by atoms with Crippen LogP contribution in [0.4, 0.5) is 0 Å². The molecule has 0 aromatic heterocycles. The Labute approximate surface area is 139 Å². The molecule has 0 heterocycles. The van der Waals surface area contributed by atoms with Gasteiger partial charge in [-0.3, -0.25) is 0 Å². The third-order valence-corrected chi connectivity index (χ3v) is 3.19. The van der Waals surface area contributed by atoms with E-state index in [-0.39, 0.29) is 5.90 Å². The quantitative estimate of drug-likeness (QED) is 0.426. The lowest BCUT2D eigenvalue weighted by atomic mass is 10.2. The Balaban J connectivity index is 2.04. The van der Waals surface area contributed by atoms with E-state index in [0.717, 1.165) is 11.1 Å². The van der Waals surface area contributed by atoms with Crippen LogP contribution in [0.3, 0.4) is 0 Å². The van der Waals surface area contributed by atoms with Gasteiger partial charge in [-0.1, -0.05) is 95.5 Å². The summed E-state index contributed by atoms with van der Waals surface area (Å²) < 4.78 is 3.89. The average molecular weight is 343 g/mol. The van der Waals surface area contributed by atoms with Crippen molar-refractivity contribution in [2.24, 2.45) is 4.99 Å². The van der Waals surface area contributed by atoms with Gasteiger partial charge in [-0.2, -0.15) is 0 Å². The summed E-state index contributed by atoms with van der Waals surface area (Å²) in [5.74, 6) is 0.0974. The van der Waals surface area contributed by atoms with E-state index >= 15 is 0 Å². The highest BCUT2D eigenvalue weighted by atomic mass is 35.6. The maximum atomic E-state index is 5.91. The van der Waals surface area contributed by atoms with Crippen molar-refractivity contribution in [3.8, 4) is 0 Å². The second-order valence-corrected chi connectivity index (χ2v) is 6.66. The first-order valence-electron chi connectivity index (χ1n) is 6.38. The smallest absolute Gasteiger partial charge is 0.266 e. The lowest BCUT2D eigenvalue weighted by molar-refractivity contribution is 0.285. The highest BCUT2D eigenvalue weighted by molar-refractivity contribution is 6.76. The molecule has 0 atom stereocenters. The number of hydrogen-bond acceptors (Lipinski definition) is 2. The summed E-state index contributed by atoms with van der Waals surface area (Å²) in [4.78, 5) is 4.28. The van der Waals surface area contributed by atoms with Crippen LogP contribution in [-0.4, -0.2) is 9.69 Å². The molecule has 0 aliphatic carbocycles. The number of nitrogens with zero attached hydrogens (tertiary/aromatic N) is 1. The van der Waals surface area contributed by atoms with E-state index in [4.69, 9.17) is 39.5 Å². The molecule has 0 unspecified atom stereocenters. The fourth-order valence-corrected chi connectivity index (χ4v) is 2.03. The zero-order valence-corrected chi connectivity index (χ0v) is 13.4. The SMILES string of the molecule is ClC(Cl)(Cl)C(=NCc1ccccc1)OCc1ccccc1. The maximum Gasteiger partial charge on any atom is 0.266 e. The molecule has 0 N–H and O–H groups in total. The van der Waals surface area contributed by atoms with E-state index in [0.29, 0.717) is 13.2 Å². The minimum atomic E-state index is -1.68. The van der Waals surface area contributed by atoms with Crippen LogP contribution >= 0.6 is 34.8 Å². The van der Waals surface area contributed by atoms with E-state index < -0.39 is 3.79 Å². The summed E-state index contributed by atoms with van der Waals surface area (Å²) >= 11 is 17.7. The second-order valence-electron chi connectivity index (χ2n) is 4.38. The van der Waals surface area contributed by atoms with Gasteiger partial charge in [-0.15, -0.1) is 0 Å². The first kappa shape index (κ1) is 16.2. The molecular formula is C16H14Cl3NO. The first-order chi connectivity index (χ1) is 10.1. The Morgan fingerprint density at radius 3 is 1.90 bits per heavy atom. The molecule has 0 bridgehead atoms. The average Bonchev–Trinajstić information content (AvgIpc) is 2.48. The number of benzene rings is 2. The Bertz CT molecular complexity index is 579. The van der Waals surface area contributed by atoms with E-state index in [1.807, 2.05) is 60.7 Å². The van der Waals surface area contributed by atoms with Crippen molar-refractivity contribution in [2.45, 2.75) is 16.9 Å². The maximum absolute atomic E-state index is 5.91. The topological polar surface area (TPSA) is 21.6 Å². The van der Waals surface area contributed by atoms with Crippen molar-refractivity contribution in [1.29, 1.82) is 0 Å². The molecule has 2 aromatic rings. The van der Waals surface area contributed by atoms with Crippen LogP contribution in [0.25, 0.3) is 0 Å². The molecule has 0 aliphatic heterocycles. The predicted octanol–water partition coefficient (Wildman–Crippen LogP) is 5.17. The van der Waals surface area contributed by atoms with Gasteiger partial charge < -0.3 is 4.74 Å². The van der Waals surface area contributed by atoms with Gasteiger partial charge in [0.2, 0.25) is 5.90 Å². The van der Waals surface area contributed by atoms with Crippen molar-refractivity contribution < 1.29 is 4.74 Å². The van der Waals surface area contributed by atoms with Crippen LogP contribution in [0, 0.1) is 0 Å². The third-order valence-electron chi connectivity index (χ3n) is 2.71. The largest absolute Gasteiger partial charge is 0.473 e. The molecule has 0 saturated carbocycles. The molecule has 2 aromatic carbocycles. The zero-order chi connectivity index (χ0) is 15.1. The van der Waals surface area contributed by atoms with Gasteiger partial charge in [0.1, 0.15) is 6.61 Å². The van der Waals surface area contributed by atoms with E-state index in [1.165, 1.54) is 0 Å². The second kappa shape index (κ2) is 7.69. The predicted molar refractivity (Wildman–Crippen MR) is 89.1 cm³/mol. The van der Waals surface area contributed by atoms with Crippen molar-refractivity contribution in [1.82, 2.24) is 0 Å². The summed E-state index contributed by atoms with van der Waals surface area (Å²) in [6, 6.07) is 19.4. The molecule has 0 aliphatic rings. The van der Waals surface area contributed by atoms with Crippen molar-refractivity contribution in [3.05, 3.63) is 71.8 Å². The number of aliphatic imine (C=N–C) groups is 1. The fourth-order valence-electron chi connectivity index (χ4n) is 1.69. The fraction of sp³-hybridized carbons (Fsp3) is 0.188. The van der Waals surface area contributed by atoms with Gasteiger partial charge >= 0.3 is 0 Å². The Hall–Kier alpha value is -1.22. The summed E-state index contributed by atoms with van der Waals surface area (Å²) in [7, 11) is 0. The number of rotatable bonds is 4. The van der Waals surface area contributed by atoms with Crippen LogP contribution in [0.5, 0.6) is 0 Å². The minimum Gasteiger partial charge on any atom is -0.473 e. The molecule has 0 radical (unpaired) electrons. The molecule has 21 heavy (non-hydrogen) atoms. The highest BCUT2D eigenvalue weighted by Crippen LogP contribution is 2.29. The summed E-state index contributed by atoms with van der Waals surface area (Å²) in [6.07, 6.45) is 0. The third kappa shape index (κ3) is 5.58.